The molecule has 0 aromatic heterocycles. The van der Waals surface area contributed by atoms with Crippen molar-refractivity contribution in [2.45, 2.75) is 326 Å². The van der Waals surface area contributed by atoms with Gasteiger partial charge in [-0.3, -0.25) is 9.35 Å². The second-order valence-corrected chi connectivity index (χ2v) is 21.6. The van der Waals surface area contributed by atoms with Crippen LogP contribution in [-0.4, -0.2) is 95.4 Å². The summed E-state index contributed by atoms with van der Waals surface area (Å²) in [7, 11) is -5.09. The topological polar surface area (TPSA) is 192 Å². The summed E-state index contributed by atoms with van der Waals surface area (Å²) in [5.74, 6) is -0.256. The zero-order valence-electron chi connectivity index (χ0n) is 44.4. The van der Waals surface area contributed by atoms with Gasteiger partial charge in [0.15, 0.2) is 6.29 Å². The van der Waals surface area contributed by atoms with Gasteiger partial charge >= 0.3 is 10.4 Å². The number of aliphatic hydroxyl groups excluding tert-OH is 4. The molecule has 0 aromatic carbocycles. The standard InChI is InChI=1S/C56H109NO11S/c1-3-5-7-9-11-13-15-17-19-21-23-25-26-27-29-31-33-35-37-39-41-43-45-50(59)49(48-66-56-54(62)55(68-69(63,64)65)53(61)51(47-58)67-56)57-52(60)46-44-42-40-38-36-34-32-30-28-24-22-20-18-16-14-12-10-8-6-4-2/h43,45,49-51,53-56,58-59,61-62H,3-42,44,46-48H2,1-2H3,(H,57,60)(H,63,64,65)/b45-43+. The molecule has 6 N–H and O–H groups in total. The van der Waals surface area contributed by atoms with Crippen molar-refractivity contribution >= 4 is 16.3 Å². The van der Waals surface area contributed by atoms with Crippen molar-refractivity contribution < 1.29 is 51.8 Å². The fraction of sp³-hybridized carbons (Fsp3) is 0.946. The Morgan fingerprint density at radius 2 is 0.913 bits per heavy atom. The molecule has 12 nitrogen and oxygen atoms in total. The highest BCUT2D eigenvalue weighted by Crippen LogP contribution is 2.26. The van der Waals surface area contributed by atoms with Crippen LogP contribution in [0.2, 0.25) is 0 Å². The van der Waals surface area contributed by atoms with E-state index in [4.69, 9.17) is 9.47 Å². The lowest BCUT2D eigenvalue weighted by Gasteiger charge is -2.41. The van der Waals surface area contributed by atoms with Crippen molar-refractivity contribution in [3.8, 4) is 0 Å². The molecular weight excluding hydrogens is 895 g/mol. The van der Waals surface area contributed by atoms with Crippen molar-refractivity contribution in [3.63, 3.8) is 0 Å². The largest absolute Gasteiger partial charge is 0.397 e. The molecule has 7 atom stereocenters. The maximum atomic E-state index is 13.1. The highest BCUT2D eigenvalue weighted by molar-refractivity contribution is 7.80. The number of hydrogen-bond donors (Lipinski definition) is 6. The number of carbonyl (C=O) groups is 1. The predicted octanol–water partition coefficient (Wildman–Crippen LogP) is 13.5. The first-order valence-corrected chi connectivity index (χ1v) is 30.4. The van der Waals surface area contributed by atoms with E-state index in [1.807, 2.05) is 6.08 Å². The highest BCUT2D eigenvalue weighted by atomic mass is 32.3. The number of carbonyl (C=O) groups excluding carboxylic acids is 1. The summed E-state index contributed by atoms with van der Waals surface area (Å²) in [6.45, 7) is 3.44. The van der Waals surface area contributed by atoms with Gasteiger partial charge in [0.2, 0.25) is 5.91 Å². The Morgan fingerprint density at radius 3 is 1.26 bits per heavy atom. The molecule has 0 aliphatic carbocycles. The molecule has 0 spiro atoms. The van der Waals surface area contributed by atoms with Crippen LogP contribution in [-0.2, 0) is 28.9 Å². The zero-order valence-corrected chi connectivity index (χ0v) is 45.2. The molecule has 410 valence electrons. The van der Waals surface area contributed by atoms with E-state index >= 15 is 0 Å². The van der Waals surface area contributed by atoms with E-state index in [1.165, 1.54) is 218 Å². The summed E-state index contributed by atoms with van der Waals surface area (Å²) in [4.78, 5) is 13.1. The third-order valence-electron chi connectivity index (χ3n) is 14.1. The number of rotatable bonds is 51. The number of nitrogens with one attached hydrogen (secondary N) is 1. The number of ether oxygens (including phenoxy) is 2. The van der Waals surface area contributed by atoms with Crippen LogP contribution in [0.3, 0.4) is 0 Å². The van der Waals surface area contributed by atoms with Gasteiger partial charge in [0.1, 0.15) is 24.4 Å². The van der Waals surface area contributed by atoms with Crippen molar-refractivity contribution in [1.82, 2.24) is 5.32 Å². The summed E-state index contributed by atoms with van der Waals surface area (Å²) < 4.78 is 47.9. The van der Waals surface area contributed by atoms with Gasteiger partial charge in [0.05, 0.1) is 25.4 Å². The van der Waals surface area contributed by atoms with Crippen LogP contribution >= 0.6 is 0 Å². The molecule has 1 fully saturated rings. The van der Waals surface area contributed by atoms with Gasteiger partial charge in [-0.1, -0.05) is 270 Å². The number of aliphatic hydroxyl groups is 4. The molecule has 1 aliphatic heterocycles. The minimum absolute atomic E-state index is 0.256. The summed E-state index contributed by atoms with van der Waals surface area (Å²) in [5, 5.41) is 45.0. The van der Waals surface area contributed by atoms with Gasteiger partial charge in [0, 0.05) is 6.42 Å². The lowest BCUT2D eigenvalue weighted by atomic mass is 9.99. The van der Waals surface area contributed by atoms with E-state index in [-0.39, 0.29) is 18.9 Å². The molecule has 0 radical (unpaired) electrons. The Morgan fingerprint density at radius 1 is 0.565 bits per heavy atom. The lowest BCUT2D eigenvalue weighted by molar-refractivity contribution is -0.298. The Balaban J connectivity index is 2.37. The summed E-state index contributed by atoms with van der Waals surface area (Å²) in [6.07, 6.45) is 46.8. The monoisotopic (exact) mass is 1000 g/mol. The van der Waals surface area contributed by atoms with Gasteiger partial charge in [0.25, 0.3) is 0 Å². The predicted molar refractivity (Wildman–Crippen MR) is 282 cm³/mol. The zero-order chi connectivity index (χ0) is 50.5. The van der Waals surface area contributed by atoms with Crippen LogP contribution in [0.4, 0.5) is 0 Å². The van der Waals surface area contributed by atoms with Gasteiger partial charge in [-0.05, 0) is 19.3 Å². The Kier molecular flexibility index (Phi) is 44.5. The van der Waals surface area contributed by atoms with E-state index in [1.54, 1.807) is 6.08 Å². The van der Waals surface area contributed by atoms with Gasteiger partial charge in [-0.2, -0.15) is 8.42 Å². The maximum absolute atomic E-state index is 13.1. The fourth-order valence-electron chi connectivity index (χ4n) is 9.58. The Labute approximate surface area is 423 Å². The molecule has 69 heavy (non-hydrogen) atoms. The molecule has 13 heteroatoms. The molecule has 0 bridgehead atoms. The summed E-state index contributed by atoms with van der Waals surface area (Å²) in [6, 6.07) is -0.940. The average Bonchev–Trinajstić information content (AvgIpc) is 3.32. The van der Waals surface area contributed by atoms with Gasteiger partial charge in [-0.25, -0.2) is 4.18 Å². The molecule has 1 heterocycles. The molecule has 1 saturated heterocycles. The van der Waals surface area contributed by atoms with Crippen LogP contribution in [0.15, 0.2) is 12.2 Å². The quantitative estimate of drug-likeness (QED) is 0.0193. The normalized spacial score (nSPS) is 19.7. The SMILES string of the molecule is CCCCCCCCCCCCCCCCCCCCCC/C=C/C(O)C(COC1OC(CO)C(O)C(OS(=O)(=O)O)C1O)NC(=O)CCCCCCCCCCCCCCCCCCCCCC. The Hall–Kier alpha value is -1.16. The van der Waals surface area contributed by atoms with E-state index in [0.29, 0.717) is 6.42 Å². The third-order valence-corrected chi connectivity index (χ3v) is 14.5. The molecular formula is C56H109NO11S. The molecule has 0 aromatic rings. The van der Waals surface area contributed by atoms with Crippen LogP contribution in [0.5, 0.6) is 0 Å². The number of allylic oxidation sites excluding steroid dienone is 1. The van der Waals surface area contributed by atoms with E-state index in [0.717, 1.165) is 38.5 Å². The van der Waals surface area contributed by atoms with Crippen molar-refractivity contribution in [3.05, 3.63) is 12.2 Å². The van der Waals surface area contributed by atoms with Crippen molar-refractivity contribution in [2.75, 3.05) is 13.2 Å². The van der Waals surface area contributed by atoms with Crippen molar-refractivity contribution in [1.29, 1.82) is 0 Å². The van der Waals surface area contributed by atoms with E-state index in [2.05, 4.69) is 23.3 Å². The molecule has 7 unspecified atom stereocenters. The second kappa shape index (κ2) is 46.6. The van der Waals surface area contributed by atoms with Crippen LogP contribution in [0, 0.1) is 0 Å². The summed E-state index contributed by atoms with van der Waals surface area (Å²) >= 11 is 0. The Bertz CT molecular complexity index is 1270. The van der Waals surface area contributed by atoms with Gasteiger partial charge in [-0.15, -0.1) is 0 Å². The minimum atomic E-state index is -5.09. The summed E-state index contributed by atoms with van der Waals surface area (Å²) in [5.41, 5.74) is 0. The van der Waals surface area contributed by atoms with Crippen LogP contribution in [0.25, 0.3) is 0 Å². The van der Waals surface area contributed by atoms with E-state index in [9.17, 15) is 38.2 Å². The first-order valence-electron chi connectivity index (χ1n) is 29.1. The molecule has 1 rings (SSSR count). The smallest absolute Gasteiger partial charge is 0.394 e. The van der Waals surface area contributed by atoms with Crippen LogP contribution < -0.4 is 5.32 Å². The first kappa shape index (κ1) is 65.9. The lowest BCUT2D eigenvalue weighted by Crippen LogP contribution is -2.61. The number of unbranched alkanes of at least 4 members (excludes halogenated alkanes) is 39. The fourth-order valence-corrected chi connectivity index (χ4v) is 10.1. The molecule has 0 saturated carbocycles. The molecule has 1 amide bonds. The first-order chi connectivity index (χ1) is 33.5. The number of hydrogen-bond acceptors (Lipinski definition) is 10. The second-order valence-electron chi connectivity index (χ2n) is 20.6. The number of amides is 1. The molecule has 1 aliphatic rings. The maximum Gasteiger partial charge on any atom is 0.397 e. The van der Waals surface area contributed by atoms with Crippen molar-refractivity contribution in [2.24, 2.45) is 0 Å². The third kappa shape index (κ3) is 39.0. The average molecular weight is 1000 g/mol. The van der Waals surface area contributed by atoms with Gasteiger partial charge < -0.3 is 35.2 Å². The minimum Gasteiger partial charge on any atom is -0.394 e. The van der Waals surface area contributed by atoms with E-state index < -0.39 is 59.9 Å². The van der Waals surface area contributed by atoms with Crippen LogP contribution in [0.1, 0.15) is 284 Å². The highest BCUT2D eigenvalue weighted by Gasteiger charge is 2.48.